The maximum absolute atomic E-state index is 12.0. The van der Waals surface area contributed by atoms with Crippen LogP contribution in [-0.2, 0) is 4.79 Å². The van der Waals surface area contributed by atoms with Crippen molar-refractivity contribution in [2.24, 2.45) is 5.92 Å². The minimum Gasteiger partial charge on any atom is -0.339 e. The molecule has 2 aliphatic carbocycles. The smallest absolute Gasteiger partial charge is 0.236 e. The van der Waals surface area contributed by atoms with Gasteiger partial charge in [-0.1, -0.05) is 12.8 Å². The van der Waals surface area contributed by atoms with Crippen LogP contribution < -0.4 is 5.32 Å². The fourth-order valence-electron chi connectivity index (χ4n) is 2.66. The maximum atomic E-state index is 12.0. The quantitative estimate of drug-likeness (QED) is 0.794. The van der Waals surface area contributed by atoms with Gasteiger partial charge in [-0.15, -0.1) is 12.4 Å². The number of likely N-dealkylation sites (N-methyl/N-ethyl adjacent to an activating group) is 1. The molecule has 2 saturated carbocycles. The fraction of sp³-hybridized carbons (Fsp3) is 0.923. The molecule has 0 atom stereocenters. The van der Waals surface area contributed by atoms with Crippen LogP contribution in [0.4, 0.5) is 0 Å². The Bertz CT molecular complexity index is 238. The van der Waals surface area contributed by atoms with Gasteiger partial charge >= 0.3 is 0 Å². The van der Waals surface area contributed by atoms with Gasteiger partial charge in [-0.2, -0.15) is 0 Å². The Labute approximate surface area is 111 Å². The Morgan fingerprint density at radius 1 is 1.24 bits per heavy atom. The number of carbonyl (C=O) groups excluding carboxylic acids is 1. The van der Waals surface area contributed by atoms with Gasteiger partial charge in [0.25, 0.3) is 0 Å². The van der Waals surface area contributed by atoms with Gasteiger partial charge in [0.05, 0.1) is 6.54 Å². The molecule has 2 aliphatic rings. The second kappa shape index (κ2) is 7.22. The zero-order valence-electron chi connectivity index (χ0n) is 10.8. The third-order valence-electron chi connectivity index (χ3n) is 3.83. The molecular formula is C13H25ClN2O. The summed E-state index contributed by atoms with van der Waals surface area (Å²) in [7, 11) is 0. The van der Waals surface area contributed by atoms with Gasteiger partial charge < -0.3 is 10.2 Å². The number of hydrogen-bond acceptors (Lipinski definition) is 2. The topological polar surface area (TPSA) is 32.3 Å². The highest BCUT2D eigenvalue weighted by atomic mass is 35.5. The molecule has 0 spiro atoms. The summed E-state index contributed by atoms with van der Waals surface area (Å²) in [5.74, 6) is 1.16. The number of rotatable bonds is 6. The van der Waals surface area contributed by atoms with Gasteiger partial charge in [-0.25, -0.2) is 0 Å². The zero-order valence-corrected chi connectivity index (χ0v) is 11.6. The summed E-state index contributed by atoms with van der Waals surface area (Å²) in [6.45, 7) is 4.54. The third-order valence-corrected chi connectivity index (χ3v) is 3.83. The summed E-state index contributed by atoms with van der Waals surface area (Å²) in [6, 6.07) is 0.528. The van der Waals surface area contributed by atoms with E-state index in [0.717, 1.165) is 19.0 Å². The summed E-state index contributed by atoms with van der Waals surface area (Å²) < 4.78 is 0. The molecule has 0 saturated heterocycles. The minimum atomic E-state index is 0. The lowest BCUT2D eigenvalue weighted by Gasteiger charge is -2.27. The standard InChI is InChI=1S/C13H24N2O.ClH/c1-2-15(12-5-3-4-6-12)13(16)10-14-9-11-7-8-11;/h11-12,14H,2-10H2,1H3;1H. The summed E-state index contributed by atoms with van der Waals surface area (Å²) >= 11 is 0. The molecular weight excluding hydrogens is 236 g/mol. The minimum absolute atomic E-state index is 0. The first-order chi connectivity index (χ1) is 7.81. The van der Waals surface area contributed by atoms with Crippen molar-refractivity contribution in [3.05, 3.63) is 0 Å². The second-order valence-electron chi connectivity index (χ2n) is 5.19. The van der Waals surface area contributed by atoms with Crippen molar-refractivity contribution in [3.8, 4) is 0 Å². The fourth-order valence-corrected chi connectivity index (χ4v) is 2.66. The highest BCUT2D eigenvalue weighted by Crippen LogP contribution is 2.27. The number of hydrogen-bond donors (Lipinski definition) is 1. The molecule has 0 radical (unpaired) electrons. The first-order valence-corrected chi connectivity index (χ1v) is 6.81. The van der Waals surface area contributed by atoms with Crippen molar-refractivity contribution < 1.29 is 4.79 Å². The van der Waals surface area contributed by atoms with Crippen LogP contribution >= 0.6 is 12.4 Å². The van der Waals surface area contributed by atoms with E-state index < -0.39 is 0 Å². The maximum Gasteiger partial charge on any atom is 0.236 e. The van der Waals surface area contributed by atoms with E-state index in [9.17, 15) is 4.79 Å². The molecule has 1 N–H and O–H groups in total. The first-order valence-electron chi connectivity index (χ1n) is 6.81. The summed E-state index contributed by atoms with van der Waals surface area (Å²) in [6.07, 6.45) is 7.71. The van der Waals surface area contributed by atoms with E-state index >= 15 is 0 Å². The normalized spacial score (nSPS) is 20.1. The van der Waals surface area contributed by atoms with Crippen molar-refractivity contribution in [3.63, 3.8) is 0 Å². The Kier molecular flexibility index (Phi) is 6.28. The highest BCUT2D eigenvalue weighted by Gasteiger charge is 2.25. The van der Waals surface area contributed by atoms with Crippen molar-refractivity contribution in [2.45, 2.75) is 51.5 Å². The summed E-state index contributed by atoms with van der Waals surface area (Å²) in [5.41, 5.74) is 0. The van der Waals surface area contributed by atoms with E-state index in [0.29, 0.717) is 18.5 Å². The average molecular weight is 261 g/mol. The molecule has 0 aromatic rings. The molecule has 4 heteroatoms. The molecule has 0 heterocycles. The molecule has 2 fully saturated rings. The SMILES string of the molecule is CCN(C(=O)CNCC1CC1)C1CCCC1.Cl. The second-order valence-corrected chi connectivity index (χ2v) is 5.19. The largest absolute Gasteiger partial charge is 0.339 e. The van der Waals surface area contributed by atoms with Crippen molar-refractivity contribution in [1.29, 1.82) is 0 Å². The van der Waals surface area contributed by atoms with Gasteiger partial charge in [0.15, 0.2) is 0 Å². The number of nitrogens with one attached hydrogen (secondary N) is 1. The molecule has 3 nitrogen and oxygen atoms in total. The number of nitrogens with zero attached hydrogens (tertiary/aromatic N) is 1. The molecule has 0 aromatic heterocycles. The van der Waals surface area contributed by atoms with Crippen LogP contribution in [0.5, 0.6) is 0 Å². The van der Waals surface area contributed by atoms with E-state index in [1.807, 2.05) is 0 Å². The summed E-state index contributed by atoms with van der Waals surface area (Å²) in [4.78, 5) is 14.1. The van der Waals surface area contributed by atoms with Crippen molar-refractivity contribution >= 4 is 18.3 Å². The Balaban J connectivity index is 0.00000144. The van der Waals surface area contributed by atoms with Crippen molar-refractivity contribution in [1.82, 2.24) is 10.2 Å². The van der Waals surface area contributed by atoms with E-state index in [1.54, 1.807) is 0 Å². The van der Waals surface area contributed by atoms with E-state index in [4.69, 9.17) is 0 Å². The van der Waals surface area contributed by atoms with Gasteiger partial charge in [-0.05, 0) is 45.1 Å². The Hall–Kier alpha value is -0.280. The van der Waals surface area contributed by atoms with Gasteiger partial charge in [-0.3, -0.25) is 4.79 Å². The van der Waals surface area contributed by atoms with Crippen molar-refractivity contribution in [2.75, 3.05) is 19.6 Å². The van der Waals surface area contributed by atoms with Crippen LogP contribution in [0.1, 0.15) is 45.4 Å². The lowest BCUT2D eigenvalue weighted by atomic mass is 10.2. The molecule has 0 aromatic carbocycles. The van der Waals surface area contributed by atoms with Crippen LogP contribution in [0, 0.1) is 5.92 Å². The van der Waals surface area contributed by atoms with Crippen LogP contribution in [0.2, 0.25) is 0 Å². The number of halogens is 1. The van der Waals surface area contributed by atoms with Crippen LogP contribution in [0.15, 0.2) is 0 Å². The highest BCUT2D eigenvalue weighted by molar-refractivity contribution is 5.85. The Morgan fingerprint density at radius 3 is 2.41 bits per heavy atom. The van der Waals surface area contributed by atoms with E-state index in [2.05, 4.69) is 17.1 Å². The molecule has 0 unspecified atom stereocenters. The zero-order chi connectivity index (χ0) is 11.4. The molecule has 1 amide bonds. The number of amides is 1. The van der Waals surface area contributed by atoms with E-state index in [-0.39, 0.29) is 12.4 Å². The molecule has 0 bridgehead atoms. The van der Waals surface area contributed by atoms with E-state index in [1.165, 1.54) is 38.5 Å². The lowest BCUT2D eigenvalue weighted by Crippen LogP contribution is -2.43. The predicted molar refractivity (Wildman–Crippen MR) is 72.5 cm³/mol. The molecule has 17 heavy (non-hydrogen) atoms. The van der Waals surface area contributed by atoms with Crippen LogP contribution in [0.3, 0.4) is 0 Å². The van der Waals surface area contributed by atoms with Gasteiger partial charge in [0.2, 0.25) is 5.91 Å². The van der Waals surface area contributed by atoms with Gasteiger partial charge in [0.1, 0.15) is 0 Å². The molecule has 100 valence electrons. The molecule has 0 aliphatic heterocycles. The first kappa shape index (κ1) is 14.8. The monoisotopic (exact) mass is 260 g/mol. The lowest BCUT2D eigenvalue weighted by molar-refractivity contribution is -0.132. The number of carbonyl (C=O) groups is 1. The molecule has 2 rings (SSSR count). The van der Waals surface area contributed by atoms with Crippen LogP contribution in [-0.4, -0.2) is 36.5 Å². The summed E-state index contributed by atoms with van der Waals surface area (Å²) in [5, 5.41) is 3.29. The average Bonchev–Trinajstić information content (AvgIpc) is 2.94. The third kappa shape index (κ3) is 4.47. The Morgan fingerprint density at radius 2 is 1.88 bits per heavy atom. The predicted octanol–water partition coefficient (Wildman–Crippen LogP) is 2.20. The van der Waals surface area contributed by atoms with Crippen LogP contribution in [0.25, 0.3) is 0 Å². The van der Waals surface area contributed by atoms with Gasteiger partial charge in [0, 0.05) is 12.6 Å².